The first-order chi connectivity index (χ1) is 9.61. The summed E-state index contributed by atoms with van der Waals surface area (Å²) in [6.45, 7) is -0.904. The average Bonchev–Trinajstić information content (AvgIpc) is 2.44. The number of rotatable bonds is 9. The van der Waals surface area contributed by atoms with E-state index in [-0.39, 0.29) is 31.6 Å². The third-order valence-corrected chi connectivity index (χ3v) is 2.63. The Bertz CT molecular complexity index is 387. The van der Waals surface area contributed by atoms with Crippen molar-refractivity contribution in [3.8, 4) is 0 Å². The van der Waals surface area contributed by atoms with E-state index in [0.717, 1.165) is 5.56 Å². The molecule has 1 atom stereocenters. The van der Waals surface area contributed by atoms with E-state index in [2.05, 4.69) is 10.1 Å². The number of benzene rings is 1. The Morgan fingerprint density at radius 2 is 2.00 bits per heavy atom. The van der Waals surface area contributed by atoms with Crippen molar-refractivity contribution in [2.24, 2.45) is 0 Å². The summed E-state index contributed by atoms with van der Waals surface area (Å²) in [6.07, 6.45) is -2.01. The Morgan fingerprint density at radius 1 is 1.30 bits per heavy atom. The highest BCUT2D eigenvalue weighted by molar-refractivity contribution is 5.76. The second-order valence-corrected chi connectivity index (χ2v) is 4.35. The van der Waals surface area contributed by atoms with Crippen LogP contribution in [-0.2, 0) is 16.0 Å². The molecule has 1 unspecified atom stereocenters. The Hall–Kier alpha value is -1.53. The van der Waals surface area contributed by atoms with E-state index in [1.807, 2.05) is 30.3 Å². The number of ether oxygens (including phenoxy) is 1. The van der Waals surface area contributed by atoms with Gasteiger partial charge in [-0.3, -0.25) is 4.79 Å². The van der Waals surface area contributed by atoms with Crippen LogP contribution in [0, 0.1) is 0 Å². The average molecular weight is 287 g/mol. The van der Waals surface area contributed by atoms with Crippen LogP contribution >= 0.6 is 0 Å². The van der Waals surface area contributed by atoms with Crippen molar-refractivity contribution in [2.45, 2.75) is 25.3 Å². The van der Waals surface area contributed by atoms with Crippen LogP contribution in [0.15, 0.2) is 30.3 Å². The number of carbonyl (C=O) groups excluding carboxylic acids is 1. The molecule has 112 valence electrons. The zero-order chi connectivity index (χ0) is 14.8. The van der Waals surface area contributed by atoms with Gasteiger partial charge in [0.15, 0.2) is 0 Å². The molecule has 0 heterocycles. The second-order valence-electron chi connectivity index (χ2n) is 4.35. The minimum Gasteiger partial charge on any atom is -0.394 e. The summed E-state index contributed by atoms with van der Waals surface area (Å²) < 4.78 is 28.2. The van der Waals surface area contributed by atoms with Gasteiger partial charge in [0, 0.05) is 6.42 Å². The number of carbonyl (C=O) groups is 1. The van der Waals surface area contributed by atoms with Gasteiger partial charge in [-0.2, -0.15) is 0 Å². The number of hydrogen-bond acceptors (Lipinski definition) is 3. The molecule has 1 rings (SSSR count). The maximum absolute atomic E-state index is 11.8. The van der Waals surface area contributed by atoms with Crippen molar-refractivity contribution in [3.63, 3.8) is 0 Å². The minimum absolute atomic E-state index is 0.00197. The van der Waals surface area contributed by atoms with Gasteiger partial charge in [0.05, 0.1) is 19.3 Å². The molecule has 0 aliphatic rings. The molecule has 2 N–H and O–H groups in total. The van der Waals surface area contributed by atoms with Crippen molar-refractivity contribution >= 4 is 5.91 Å². The van der Waals surface area contributed by atoms with Crippen molar-refractivity contribution < 1.29 is 23.4 Å². The summed E-state index contributed by atoms with van der Waals surface area (Å²) >= 11 is 0. The third kappa shape index (κ3) is 7.16. The number of alkyl halides is 2. The fraction of sp³-hybridized carbons (Fsp3) is 0.500. The summed E-state index contributed by atoms with van der Waals surface area (Å²) in [5.41, 5.74) is 1.00. The molecule has 0 aromatic heterocycles. The number of aliphatic hydroxyl groups is 1. The van der Waals surface area contributed by atoms with Crippen LogP contribution in [0.1, 0.15) is 12.0 Å². The Labute approximate surface area is 116 Å². The van der Waals surface area contributed by atoms with Crippen LogP contribution in [0.25, 0.3) is 0 Å². The second kappa shape index (κ2) is 9.39. The number of hydrogen-bond donors (Lipinski definition) is 2. The smallest absolute Gasteiger partial charge is 0.261 e. The van der Waals surface area contributed by atoms with Gasteiger partial charge in [0.2, 0.25) is 5.91 Å². The van der Waals surface area contributed by atoms with Crippen LogP contribution in [-0.4, -0.2) is 43.3 Å². The van der Waals surface area contributed by atoms with Crippen LogP contribution in [0.3, 0.4) is 0 Å². The number of amides is 1. The lowest BCUT2D eigenvalue weighted by Gasteiger charge is -2.16. The van der Waals surface area contributed by atoms with E-state index in [1.54, 1.807) is 0 Å². The minimum atomic E-state index is -2.53. The Morgan fingerprint density at radius 3 is 2.60 bits per heavy atom. The van der Waals surface area contributed by atoms with Gasteiger partial charge < -0.3 is 15.2 Å². The lowest BCUT2D eigenvalue weighted by Crippen LogP contribution is -2.39. The first-order valence-electron chi connectivity index (χ1n) is 6.42. The molecule has 0 fully saturated rings. The highest BCUT2D eigenvalue weighted by Crippen LogP contribution is 2.03. The fourth-order valence-corrected chi connectivity index (χ4v) is 1.70. The summed E-state index contributed by atoms with van der Waals surface area (Å²) in [5.74, 6) is -0.325. The summed E-state index contributed by atoms with van der Waals surface area (Å²) in [5, 5.41) is 11.9. The third-order valence-electron chi connectivity index (χ3n) is 2.63. The monoisotopic (exact) mass is 287 g/mol. The van der Waals surface area contributed by atoms with Crippen LogP contribution in [0.4, 0.5) is 8.78 Å². The zero-order valence-electron chi connectivity index (χ0n) is 11.1. The lowest BCUT2D eigenvalue weighted by atomic mass is 10.1. The first-order valence-corrected chi connectivity index (χ1v) is 6.42. The molecular formula is C14H19F2NO3. The highest BCUT2D eigenvalue weighted by Gasteiger charge is 2.12. The number of aliphatic hydroxyl groups excluding tert-OH is 1. The molecule has 0 aliphatic heterocycles. The van der Waals surface area contributed by atoms with Crippen molar-refractivity contribution in [1.82, 2.24) is 5.32 Å². The summed E-state index contributed by atoms with van der Waals surface area (Å²) in [7, 11) is 0. The van der Waals surface area contributed by atoms with Gasteiger partial charge in [0.25, 0.3) is 6.43 Å². The van der Waals surface area contributed by atoms with Crippen LogP contribution in [0.2, 0.25) is 0 Å². The van der Waals surface area contributed by atoms with Crippen molar-refractivity contribution in [1.29, 1.82) is 0 Å². The number of nitrogens with one attached hydrogen (secondary N) is 1. The number of halogens is 2. The summed E-state index contributed by atoms with van der Waals surface area (Å²) in [6, 6.07) is 9.06. The van der Waals surface area contributed by atoms with Gasteiger partial charge in [-0.1, -0.05) is 30.3 Å². The molecule has 0 saturated carbocycles. The maximum Gasteiger partial charge on any atom is 0.261 e. The Kier molecular flexibility index (Phi) is 7.75. The van der Waals surface area contributed by atoms with Crippen LogP contribution < -0.4 is 5.32 Å². The predicted molar refractivity (Wildman–Crippen MR) is 70.6 cm³/mol. The van der Waals surface area contributed by atoms with Crippen LogP contribution in [0.5, 0.6) is 0 Å². The molecule has 1 aromatic rings. The van der Waals surface area contributed by atoms with E-state index in [1.165, 1.54) is 0 Å². The standard InChI is InChI=1S/C14H19F2NO3/c15-13(16)10-20-7-6-14(19)17-12(9-18)8-11-4-2-1-3-5-11/h1-5,12-13,18H,6-10H2,(H,17,19). The SMILES string of the molecule is O=C(CCOCC(F)F)NC(CO)Cc1ccccc1. The fourth-order valence-electron chi connectivity index (χ4n) is 1.70. The molecule has 1 aromatic carbocycles. The Balaban J connectivity index is 2.27. The molecule has 0 spiro atoms. The molecule has 0 radical (unpaired) electrons. The van der Waals surface area contributed by atoms with E-state index < -0.39 is 13.0 Å². The molecule has 0 saturated heterocycles. The highest BCUT2D eigenvalue weighted by atomic mass is 19.3. The molecule has 20 heavy (non-hydrogen) atoms. The zero-order valence-corrected chi connectivity index (χ0v) is 11.1. The molecule has 0 bridgehead atoms. The van der Waals surface area contributed by atoms with Gasteiger partial charge >= 0.3 is 0 Å². The molecule has 0 aliphatic carbocycles. The first kappa shape index (κ1) is 16.5. The largest absolute Gasteiger partial charge is 0.394 e. The predicted octanol–water partition coefficient (Wildman–Crippen LogP) is 1.38. The summed E-state index contributed by atoms with van der Waals surface area (Å²) in [4.78, 5) is 11.6. The van der Waals surface area contributed by atoms with Gasteiger partial charge in [-0.15, -0.1) is 0 Å². The lowest BCUT2D eigenvalue weighted by molar-refractivity contribution is -0.123. The normalized spacial score (nSPS) is 12.4. The van der Waals surface area contributed by atoms with Crippen molar-refractivity contribution in [2.75, 3.05) is 19.8 Å². The molecule has 1 amide bonds. The van der Waals surface area contributed by atoms with Gasteiger partial charge in [0.1, 0.15) is 6.61 Å². The topological polar surface area (TPSA) is 58.6 Å². The molecular weight excluding hydrogens is 268 g/mol. The molecule has 6 heteroatoms. The van der Waals surface area contributed by atoms with E-state index >= 15 is 0 Å². The van der Waals surface area contributed by atoms with Crippen molar-refractivity contribution in [3.05, 3.63) is 35.9 Å². The quantitative estimate of drug-likeness (QED) is 0.675. The maximum atomic E-state index is 11.8. The van der Waals surface area contributed by atoms with Gasteiger partial charge in [-0.25, -0.2) is 8.78 Å². The van der Waals surface area contributed by atoms with E-state index in [9.17, 15) is 18.7 Å². The molecule has 4 nitrogen and oxygen atoms in total. The van der Waals surface area contributed by atoms with E-state index in [4.69, 9.17) is 0 Å². The van der Waals surface area contributed by atoms with Gasteiger partial charge in [-0.05, 0) is 12.0 Å². The van der Waals surface area contributed by atoms with E-state index in [0.29, 0.717) is 6.42 Å².